The first-order valence-electron chi connectivity index (χ1n) is 12.0. The Morgan fingerprint density at radius 1 is 1.24 bits per heavy atom. The fraction of sp³-hybridized carbons (Fsp3) is 0.250. The van der Waals surface area contributed by atoms with E-state index in [4.69, 9.17) is 18.2 Å². The van der Waals surface area contributed by atoms with Gasteiger partial charge in [0, 0.05) is 37.7 Å². The highest BCUT2D eigenvalue weighted by Crippen LogP contribution is 2.35. The van der Waals surface area contributed by atoms with E-state index in [9.17, 15) is 14.4 Å². The molecule has 1 saturated heterocycles. The van der Waals surface area contributed by atoms with Crippen molar-refractivity contribution in [3.05, 3.63) is 104 Å². The van der Waals surface area contributed by atoms with Gasteiger partial charge in [0.2, 0.25) is 5.52 Å². The van der Waals surface area contributed by atoms with Gasteiger partial charge in [-0.1, -0.05) is 30.3 Å². The molecule has 0 amide bonds. The lowest BCUT2D eigenvalue weighted by atomic mass is 9.97. The van der Waals surface area contributed by atoms with E-state index in [-0.39, 0.29) is 23.5 Å². The van der Waals surface area contributed by atoms with Crippen LogP contribution in [0.2, 0.25) is 5.02 Å². The molecule has 4 heterocycles. The first-order valence-corrected chi connectivity index (χ1v) is 12.4. The van der Waals surface area contributed by atoms with Crippen LogP contribution in [0.4, 0.5) is 15.9 Å². The number of benzene rings is 1. The number of halogens is 2. The highest BCUT2D eigenvalue weighted by atomic mass is 35.5. The molecule has 1 aromatic carbocycles. The van der Waals surface area contributed by atoms with E-state index in [0.29, 0.717) is 47.1 Å². The number of pyridine rings is 3. The van der Waals surface area contributed by atoms with Gasteiger partial charge in [-0.15, -0.1) is 4.98 Å². The molecule has 0 saturated carbocycles. The van der Waals surface area contributed by atoms with Crippen LogP contribution in [0.25, 0.3) is 15.9 Å². The van der Waals surface area contributed by atoms with Gasteiger partial charge in [0.05, 0.1) is 23.4 Å². The lowest BCUT2D eigenvalue weighted by molar-refractivity contribution is 0.147. The zero-order chi connectivity index (χ0) is 27.0. The molecule has 0 N–H and O–H groups in total. The molecule has 0 bridgehead atoms. The minimum Gasteiger partial charge on any atom is -0.364 e. The lowest BCUT2D eigenvalue weighted by Gasteiger charge is -2.44. The van der Waals surface area contributed by atoms with Crippen LogP contribution in [-0.2, 0) is 7.05 Å². The summed E-state index contributed by atoms with van der Waals surface area (Å²) in [7, 11) is 1.60. The molecule has 0 spiro atoms. The molecular formula is C28H23ClFN7O. The maximum Gasteiger partial charge on any atom is 0.271 e. The second-order valence-electron chi connectivity index (χ2n) is 9.24. The third-order valence-electron chi connectivity index (χ3n) is 6.95. The number of piperazine rings is 1. The molecule has 4 aromatic rings. The van der Waals surface area contributed by atoms with Crippen molar-refractivity contribution in [3.8, 4) is 6.07 Å². The summed E-state index contributed by atoms with van der Waals surface area (Å²) in [5.41, 5.74) is 2.66. The number of nitriles is 1. The fourth-order valence-electron chi connectivity index (χ4n) is 5.17. The average molecular weight is 528 g/mol. The van der Waals surface area contributed by atoms with E-state index in [1.807, 2.05) is 23.1 Å². The molecular weight excluding hydrogens is 505 g/mol. The summed E-state index contributed by atoms with van der Waals surface area (Å²) in [4.78, 5) is 29.7. The number of fused-ring (bicyclic) bond motifs is 1. The zero-order valence-electron chi connectivity index (χ0n) is 20.8. The number of aryl methyl sites for hydroxylation is 1. The molecule has 8 nitrogen and oxygen atoms in total. The van der Waals surface area contributed by atoms with Crippen molar-refractivity contribution < 1.29 is 4.39 Å². The second-order valence-corrected chi connectivity index (χ2v) is 9.68. The number of anilines is 1. The summed E-state index contributed by atoms with van der Waals surface area (Å²) in [6.07, 6.45) is 1.21. The van der Waals surface area contributed by atoms with Gasteiger partial charge in [-0.2, -0.15) is 5.26 Å². The van der Waals surface area contributed by atoms with Crippen molar-refractivity contribution in [2.24, 2.45) is 7.05 Å². The lowest BCUT2D eigenvalue weighted by Crippen LogP contribution is -2.53. The Hall–Kier alpha value is -4.31. The second kappa shape index (κ2) is 10.2. The highest BCUT2D eigenvalue weighted by molar-refractivity contribution is 6.30. The zero-order valence-corrected chi connectivity index (χ0v) is 21.5. The first kappa shape index (κ1) is 25.3. The molecule has 1 fully saturated rings. The molecule has 1 unspecified atom stereocenters. The summed E-state index contributed by atoms with van der Waals surface area (Å²) >= 11 is 6.32. The Labute approximate surface area is 224 Å². The van der Waals surface area contributed by atoms with E-state index in [0.717, 1.165) is 5.56 Å². The topological polar surface area (TPSA) is 82.4 Å². The number of hydrogen-bond donors (Lipinski definition) is 0. The van der Waals surface area contributed by atoms with E-state index in [1.165, 1.54) is 16.8 Å². The molecule has 0 aliphatic carbocycles. The minimum absolute atomic E-state index is 0.00173. The number of hydrogen-bond acceptors (Lipinski definition) is 6. The Morgan fingerprint density at radius 3 is 2.71 bits per heavy atom. The predicted molar refractivity (Wildman–Crippen MR) is 144 cm³/mol. The van der Waals surface area contributed by atoms with Gasteiger partial charge in [-0.3, -0.25) is 14.7 Å². The minimum atomic E-state index is -0.413. The summed E-state index contributed by atoms with van der Waals surface area (Å²) in [5, 5.41) is 10.5. The van der Waals surface area contributed by atoms with Crippen LogP contribution in [0.15, 0.2) is 59.5 Å². The normalized spacial score (nSPS) is 16.7. The van der Waals surface area contributed by atoms with Gasteiger partial charge in [-0.05, 0) is 48.9 Å². The summed E-state index contributed by atoms with van der Waals surface area (Å²) < 4.78 is 15.1. The molecule has 2 atom stereocenters. The van der Waals surface area contributed by atoms with Crippen molar-refractivity contribution in [1.29, 1.82) is 5.26 Å². The van der Waals surface area contributed by atoms with E-state index >= 15 is 0 Å². The van der Waals surface area contributed by atoms with Gasteiger partial charge in [0.15, 0.2) is 0 Å². The Morgan fingerprint density at radius 2 is 2.05 bits per heavy atom. The van der Waals surface area contributed by atoms with Gasteiger partial charge in [0.25, 0.3) is 11.4 Å². The monoisotopic (exact) mass is 527 g/mol. The van der Waals surface area contributed by atoms with Crippen molar-refractivity contribution in [1.82, 2.24) is 19.4 Å². The van der Waals surface area contributed by atoms with Crippen molar-refractivity contribution in [2.75, 3.05) is 24.5 Å². The Bertz CT molecular complexity index is 1670. The predicted octanol–water partition coefficient (Wildman–Crippen LogP) is 4.84. The third kappa shape index (κ3) is 4.47. The maximum atomic E-state index is 13.7. The van der Waals surface area contributed by atoms with Gasteiger partial charge in [-0.25, -0.2) is 4.39 Å². The molecule has 1 aliphatic heterocycles. The molecule has 38 heavy (non-hydrogen) atoms. The van der Waals surface area contributed by atoms with Crippen LogP contribution < -0.4 is 10.5 Å². The molecule has 0 radical (unpaired) electrons. The molecule has 1 aliphatic rings. The van der Waals surface area contributed by atoms with Gasteiger partial charge < -0.3 is 14.3 Å². The van der Waals surface area contributed by atoms with E-state index in [2.05, 4.69) is 32.7 Å². The Balaban J connectivity index is 1.57. The van der Waals surface area contributed by atoms with Crippen molar-refractivity contribution in [2.45, 2.75) is 19.0 Å². The van der Waals surface area contributed by atoms with E-state index < -0.39 is 11.4 Å². The van der Waals surface area contributed by atoms with Crippen LogP contribution >= 0.6 is 11.6 Å². The number of rotatable bonds is 4. The third-order valence-corrected chi connectivity index (χ3v) is 7.18. The SMILES string of the molecule is [C-]#[N+]c1ccc2c(n1)c(N1CCN(C(c3cccc(Cl)c3)c3ccc(F)cn3)[C@H](C)C1)c(C#N)c(=O)n2C. The summed E-state index contributed by atoms with van der Waals surface area (Å²) in [6, 6.07) is 15.6. The summed E-state index contributed by atoms with van der Waals surface area (Å²) in [5.74, 6) is -0.222. The largest absolute Gasteiger partial charge is 0.364 e. The maximum absolute atomic E-state index is 13.7. The average Bonchev–Trinajstić information content (AvgIpc) is 2.92. The summed E-state index contributed by atoms with van der Waals surface area (Å²) in [6.45, 7) is 11.0. The number of aromatic nitrogens is 3. The Kier molecular flexibility index (Phi) is 6.81. The van der Waals surface area contributed by atoms with Gasteiger partial charge >= 0.3 is 0 Å². The number of nitrogens with zero attached hydrogens (tertiary/aromatic N) is 7. The van der Waals surface area contributed by atoms with Gasteiger partial charge in [0.1, 0.15) is 23.1 Å². The van der Waals surface area contributed by atoms with E-state index in [1.54, 1.807) is 31.3 Å². The van der Waals surface area contributed by atoms with Crippen molar-refractivity contribution in [3.63, 3.8) is 0 Å². The van der Waals surface area contributed by atoms with Crippen molar-refractivity contribution >= 4 is 34.1 Å². The highest BCUT2D eigenvalue weighted by Gasteiger charge is 2.35. The standard InChI is InChI=1S/C28H23ClFN7O/c1-17-16-36(27-21(14-31)28(38)35(3)23-9-10-24(32-2)34-25(23)27)11-12-37(17)26(18-5-4-6-19(29)13-18)22-8-7-20(30)15-33-22/h4-10,13,15,17,26H,11-12,16H2,1,3H3/t17-,26?/m1/s1. The molecule has 190 valence electrons. The van der Waals surface area contributed by atoms with Crippen LogP contribution in [0.1, 0.15) is 29.8 Å². The quantitative estimate of drug-likeness (QED) is 0.353. The smallest absolute Gasteiger partial charge is 0.271 e. The van der Waals surface area contributed by atoms with Crippen LogP contribution in [0.5, 0.6) is 0 Å². The fourth-order valence-corrected chi connectivity index (χ4v) is 5.37. The van der Waals surface area contributed by atoms with Crippen LogP contribution in [0.3, 0.4) is 0 Å². The van der Waals surface area contributed by atoms with Crippen LogP contribution in [0, 0.1) is 23.7 Å². The first-order chi connectivity index (χ1) is 18.3. The molecule has 5 rings (SSSR count). The van der Waals surface area contributed by atoms with Crippen LogP contribution in [-0.4, -0.2) is 45.1 Å². The molecule has 10 heteroatoms. The molecule has 3 aromatic heterocycles.